The van der Waals surface area contributed by atoms with Crippen molar-refractivity contribution in [3.8, 4) is 11.5 Å². The summed E-state index contributed by atoms with van der Waals surface area (Å²) >= 11 is 7.29. The largest absolute Gasteiger partial charge is 0.480 e. The number of benzene rings is 1. The molecule has 4 nitrogen and oxygen atoms in total. The second-order valence-electron chi connectivity index (χ2n) is 4.97. The lowest BCUT2D eigenvalue weighted by molar-refractivity contribution is -0.137. The monoisotopic (exact) mass is 325 g/mol. The van der Waals surface area contributed by atoms with Crippen LogP contribution < -0.4 is 0 Å². The Labute approximate surface area is 132 Å². The number of nitrogens with zero attached hydrogens (tertiary/aromatic N) is 1. The summed E-state index contributed by atoms with van der Waals surface area (Å²) in [5, 5.41) is 9.33. The van der Waals surface area contributed by atoms with Gasteiger partial charge in [0.1, 0.15) is 11.5 Å². The Bertz CT molecular complexity index is 627. The molecule has 0 aliphatic carbocycles. The van der Waals surface area contributed by atoms with Gasteiger partial charge in [-0.1, -0.05) is 31.5 Å². The number of thioether (sulfide) groups is 1. The summed E-state index contributed by atoms with van der Waals surface area (Å²) in [4.78, 5) is 15.5. The van der Waals surface area contributed by atoms with E-state index in [-0.39, 0.29) is 5.92 Å². The minimum absolute atomic E-state index is 0.0619. The number of aliphatic carboxylic acids is 1. The standard InChI is InChI=1S/C15H16ClNO3S/c1-9(2)13(15(18)19)21-8-12-7-20-14(17-12)10-4-3-5-11(16)6-10/h3-7,9,13H,8H2,1-2H3,(H,18,19). The van der Waals surface area contributed by atoms with Crippen LogP contribution in [0.5, 0.6) is 0 Å². The van der Waals surface area contributed by atoms with Crippen molar-refractivity contribution in [2.24, 2.45) is 5.92 Å². The topological polar surface area (TPSA) is 63.3 Å². The molecule has 0 aliphatic rings. The van der Waals surface area contributed by atoms with Crippen molar-refractivity contribution in [1.29, 1.82) is 0 Å². The van der Waals surface area contributed by atoms with Gasteiger partial charge < -0.3 is 9.52 Å². The van der Waals surface area contributed by atoms with Gasteiger partial charge in [0.05, 0.1) is 5.69 Å². The van der Waals surface area contributed by atoms with Gasteiger partial charge in [-0.2, -0.15) is 0 Å². The van der Waals surface area contributed by atoms with Crippen molar-refractivity contribution < 1.29 is 14.3 Å². The Morgan fingerprint density at radius 1 is 1.48 bits per heavy atom. The number of hydrogen-bond donors (Lipinski definition) is 1. The van der Waals surface area contributed by atoms with Crippen LogP contribution in [0.25, 0.3) is 11.5 Å². The van der Waals surface area contributed by atoms with Crippen LogP contribution in [0, 0.1) is 5.92 Å². The van der Waals surface area contributed by atoms with E-state index in [1.165, 1.54) is 11.8 Å². The Balaban J connectivity index is 2.05. The molecule has 112 valence electrons. The zero-order chi connectivity index (χ0) is 15.4. The number of hydrogen-bond acceptors (Lipinski definition) is 4. The van der Waals surface area contributed by atoms with Crippen LogP contribution in [0.3, 0.4) is 0 Å². The Morgan fingerprint density at radius 3 is 2.86 bits per heavy atom. The van der Waals surface area contributed by atoms with Crippen molar-refractivity contribution in [2.75, 3.05) is 0 Å². The molecule has 0 bridgehead atoms. The summed E-state index contributed by atoms with van der Waals surface area (Å²) in [5.74, 6) is 0.254. The molecule has 1 unspecified atom stereocenters. The molecule has 1 N–H and O–H groups in total. The highest BCUT2D eigenvalue weighted by Crippen LogP contribution is 2.26. The lowest BCUT2D eigenvalue weighted by Gasteiger charge is -2.14. The van der Waals surface area contributed by atoms with Crippen LogP contribution in [0.2, 0.25) is 5.02 Å². The smallest absolute Gasteiger partial charge is 0.316 e. The van der Waals surface area contributed by atoms with Gasteiger partial charge in [-0.3, -0.25) is 4.79 Å². The number of carboxylic acids is 1. The maximum atomic E-state index is 11.1. The first-order valence-corrected chi connectivity index (χ1v) is 7.95. The number of oxazole rings is 1. The first-order chi connectivity index (χ1) is 9.97. The molecule has 1 aromatic carbocycles. The normalized spacial score (nSPS) is 12.6. The zero-order valence-corrected chi connectivity index (χ0v) is 13.3. The number of halogens is 1. The molecule has 0 saturated carbocycles. The highest BCUT2D eigenvalue weighted by molar-refractivity contribution is 7.99. The lowest BCUT2D eigenvalue weighted by atomic mass is 10.1. The number of rotatable bonds is 6. The van der Waals surface area contributed by atoms with Gasteiger partial charge >= 0.3 is 5.97 Å². The third-order valence-electron chi connectivity index (χ3n) is 2.88. The van der Waals surface area contributed by atoms with E-state index in [0.29, 0.717) is 16.7 Å². The third kappa shape index (κ3) is 4.25. The summed E-state index contributed by atoms with van der Waals surface area (Å²) in [7, 11) is 0. The van der Waals surface area contributed by atoms with Gasteiger partial charge in [-0.05, 0) is 24.1 Å². The molecule has 0 spiro atoms. The molecular formula is C15H16ClNO3S. The molecule has 1 heterocycles. The van der Waals surface area contributed by atoms with Crippen LogP contribution in [-0.2, 0) is 10.5 Å². The molecule has 2 aromatic rings. The SMILES string of the molecule is CC(C)C(SCc1coc(-c2cccc(Cl)c2)n1)C(=O)O. The zero-order valence-electron chi connectivity index (χ0n) is 11.7. The summed E-state index contributed by atoms with van der Waals surface area (Å²) in [6.07, 6.45) is 1.56. The maximum Gasteiger partial charge on any atom is 0.316 e. The molecule has 0 amide bonds. The minimum atomic E-state index is -0.798. The predicted octanol–water partition coefficient (Wildman–Crippen LogP) is 4.34. The highest BCUT2D eigenvalue weighted by atomic mass is 35.5. The third-order valence-corrected chi connectivity index (χ3v) is 4.69. The molecule has 1 aromatic heterocycles. The molecule has 1 atom stereocenters. The number of carboxylic acid groups (broad SMARTS) is 1. The van der Waals surface area contributed by atoms with Crippen LogP contribution in [0.4, 0.5) is 0 Å². The van der Waals surface area contributed by atoms with E-state index < -0.39 is 11.2 Å². The van der Waals surface area contributed by atoms with E-state index in [1.807, 2.05) is 26.0 Å². The molecule has 0 radical (unpaired) electrons. The highest BCUT2D eigenvalue weighted by Gasteiger charge is 2.22. The Hall–Kier alpha value is -1.46. The summed E-state index contributed by atoms with van der Waals surface area (Å²) in [5.41, 5.74) is 1.53. The molecule has 6 heteroatoms. The van der Waals surface area contributed by atoms with E-state index in [0.717, 1.165) is 11.3 Å². The summed E-state index contributed by atoms with van der Waals surface area (Å²) < 4.78 is 5.43. The Kier molecular flexibility index (Phi) is 5.31. The Morgan fingerprint density at radius 2 is 2.24 bits per heavy atom. The van der Waals surface area contributed by atoms with Gasteiger partial charge in [-0.25, -0.2) is 4.98 Å². The van der Waals surface area contributed by atoms with Crippen LogP contribution >= 0.6 is 23.4 Å². The second kappa shape index (κ2) is 7.00. The fourth-order valence-electron chi connectivity index (χ4n) is 1.85. The van der Waals surface area contributed by atoms with E-state index in [2.05, 4.69) is 4.98 Å². The minimum Gasteiger partial charge on any atom is -0.480 e. The second-order valence-corrected chi connectivity index (χ2v) is 6.53. The van der Waals surface area contributed by atoms with Gasteiger partial charge in [0.15, 0.2) is 0 Å². The van der Waals surface area contributed by atoms with E-state index in [1.54, 1.807) is 18.4 Å². The molecule has 0 aliphatic heterocycles. The molecule has 0 fully saturated rings. The first kappa shape index (κ1) is 15.9. The fraction of sp³-hybridized carbons (Fsp3) is 0.333. The molecule has 21 heavy (non-hydrogen) atoms. The van der Waals surface area contributed by atoms with Crippen molar-refractivity contribution in [1.82, 2.24) is 4.98 Å². The van der Waals surface area contributed by atoms with Gasteiger partial charge in [0, 0.05) is 16.3 Å². The van der Waals surface area contributed by atoms with E-state index in [4.69, 9.17) is 21.1 Å². The van der Waals surface area contributed by atoms with Crippen LogP contribution in [-0.4, -0.2) is 21.3 Å². The molecule has 2 rings (SSSR count). The maximum absolute atomic E-state index is 11.1. The van der Waals surface area contributed by atoms with Crippen molar-refractivity contribution >= 4 is 29.3 Å². The molecule has 0 saturated heterocycles. The van der Waals surface area contributed by atoms with Crippen LogP contribution in [0.15, 0.2) is 34.9 Å². The summed E-state index contributed by atoms with van der Waals surface area (Å²) in [6, 6.07) is 7.25. The van der Waals surface area contributed by atoms with Crippen LogP contribution in [0.1, 0.15) is 19.5 Å². The fourth-order valence-corrected chi connectivity index (χ4v) is 3.05. The predicted molar refractivity (Wildman–Crippen MR) is 84.5 cm³/mol. The van der Waals surface area contributed by atoms with Crippen molar-refractivity contribution in [2.45, 2.75) is 24.9 Å². The summed E-state index contributed by atoms with van der Waals surface area (Å²) in [6.45, 7) is 3.79. The van der Waals surface area contributed by atoms with Gasteiger partial charge in [0.2, 0.25) is 5.89 Å². The quantitative estimate of drug-likeness (QED) is 0.856. The van der Waals surface area contributed by atoms with Crippen molar-refractivity contribution in [3.63, 3.8) is 0 Å². The first-order valence-electron chi connectivity index (χ1n) is 6.52. The lowest BCUT2D eigenvalue weighted by Crippen LogP contribution is -2.22. The average molecular weight is 326 g/mol. The molecular weight excluding hydrogens is 310 g/mol. The average Bonchev–Trinajstić information content (AvgIpc) is 2.87. The van der Waals surface area contributed by atoms with E-state index in [9.17, 15) is 4.79 Å². The number of aromatic nitrogens is 1. The van der Waals surface area contributed by atoms with Crippen molar-refractivity contribution in [3.05, 3.63) is 41.2 Å². The van der Waals surface area contributed by atoms with Gasteiger partial charge in [0.25, 0.3) is 0 Å². The van der Waals surface area contributed by atoms with Gasteiger partial charge in [-0.15, -0.1) is 11.8 Å². The number of carbonyl (C=O) groups is 1. The van der Waals surface area contributed by atoms with E-state index >= 15 is 0 Å².